The molecule has 0 aromatic heterocycles. The Balaban J connectivity index is 1.79. The quantitative estimate of drug-likeness (QED) is 0.586. The highest BCUT2D eigenvalue weighted by Gasteiger charge is 2.35. The third kappa shape index (κ3) is 4.30. The van der Waals surface area contributed by atoms with Crippen LogP contribution in [0.15, 0.2) is 58.7 Å². The minimum atomic E-state index is -0.145. The summed E-state index contributed by atoms with van der Waals surface area (Å²) in [6, 6.07) is 15.4. The summed E-state index contributed by atoms with van der Waals surface area (Å²) in [5, 5.41) is 9.58. The van der Waals surface area contributed by atoms with Gasteiger partial charge in [-0.1, -0.05) is 59.8 Å². The van der Waals surface area contributed by atoms with Gasteiger partial charge in [0.05, 0.1) is 18.0 Å². The minimum Gasteiger partial charge on any atom is -0.284 e. The lowest BCUT2D eigenvalue weighted by molar-refractivity contribution is -0.126. The molecule has 6 heteroatoms. The lowest BCUT2D eigenvalue weighted by atomic mass is 10.1. The van der Waals surface area contributed by atoms with Crippen molar-refractivity contribution in [3.05, 3.63) is 70.2 Å². The van der Waals surface area contributed by atoms with Crippen molar-refractivity contribution in [2.45, 2.75) is 25.6 Å². The smallest absolute Gasteiger partial charge is 0.242 e. The van der Waals surface area contributed by atoms with Crippen molar-refractivity contribution in [3.63, 3.8) is 0 Å². The first-order valence-corrected chi connectivity index (χ1v) is 9.19. The Morgan fingerprint density at radius 3 is 2.64 bits per heavy atom. The fourth-order valence-electron chi connectivity index (χ4n) is 2.46. The summed E-state index contributed by atoms with van der Waals surface area (Å²) >= 11 is 7.31. The van der Waals surface area contributed by atoms with Crippen molar-refractivity contribution >= 4 is 40.7 Å². The van der Waals surface area contributed by atoms with Gasteiger partial charge in [-0.25, -0.2) is 0 Å². The van der Waals surface area contributed by atoms with Crippen LogP contribution >= 0.6 is 23.4 Å². The van der Waals surface area contributed by atoms with E-state index in [1.165, 1.54) is 11.8 Å². The lowest BCUT2D eigenvalue weighted by Crippen LogP contribution is -2.31. The third-order valence-corrected chi connectivity index (χ3v) is 5.26. The molecule has 0 N–H and O–H groups in total. The van der Waals surface area contributed by atoms with Gasteiger partial charge in [-0.3, -0.25) is 9.69 Å². The van der Waals surface area contributed by atoms with Gasteiger partial charge in [-0.05, 0) is 42.7 Å². The monoisotopic (exact) mass is 371 g/mol. The molecule has 0 radical (unpaired) electrons. The summed E-state index contributed by atoms with van der Waals surface area (Å²) in [6.07, 6.45) is 1.66. The van der Waals surface area contributed by atoms with Crippen LogP contribution < -0.4 is 0 Å². The molecule has 2 aromatic carbocycles. The number of carbonyl (C=O) groups excluding carboxylic acids is 1. The molecule has 0 spiro atoms. The van der Waals surface area contributed by atoms with Crippen molar-refractivity contribution in [1.29, 1.82) is 0 Å². The van der Waals surface area contributed by atoms with E-state index in [0.29, 0.717) is 16.7 Å². The van der Waals surface area contributed by atoms with Gasteiger partial charge < -0.3 is 0 Å². The fourth-order valence-corrected chi connectivity index (χ4v) is 3.51. The number of amidine groups is 1. The van der Waals surface area contributed by atoms with Gasteiger partial charge in [-0.15, -0.1) is 5.10 Å². The number of halogens is 1. The summed E-state index contributed by atoms with van der Waals surface area (Å²) in [6.45, 7) is 4.45. The van der Waals surface area contributed by atoms with E-state index in [1.54, 1.807) is 23.2 Å². The molecule has 1 atom stereocenters. The Morgan fingerprint density at radius 2 is 1.92 bits per heavy atom. The van der Waals surface area contributed by atoms with Gasteiger partial charge in [0.15, 0.2) is 5.17 Å². The highest BCUT2D eigenvalue weighted by Crippen LogP contribution is 2.29. The maximum Gasteiger partial charge on any atom is 0.242 e. The Hall–Kier alpha value is -2.11. The largest absolute Gasteiger partial charge is 0.284 e. The first-order valence-electron chi connectivity index (χ1n) is 7.94. The number of thioether (sulfide) groups is 1. The predicted octanol–water partition coefficient (Wildman–Crippen LogP) is 4.50. The van der Waals surface area contributed by atoms with Gasteiger partial charge in [0, 0.05) is 5.02 Å². The van der Waals surface area contributed by atoms with Crippen molar-refractivity contribution in [2.24, 2.45) is 10.2 Å². The molecule has 4 nitrogen and oxygen atoms in total. The molecular weight excluding hydrogens is 354 g/mol. The maximum absolute atomic E-state index is 12.5. The van der Waals surface area contributed by atoms with Crippen LogP contribution in [0, 0.1) is 6.92 Å². The molecule has 0 bridgehead atoms. The molecule has 0 aliphatic carbocycles. The Morgan fingerprint density at radius 1 is 1.20 bits per heavy atom. The molecule has 0 saturated carbocycles. The number of carbonyl (C=O) groups is 1. The fraction of sp³-hybridized carbons (Fsp3) is 0.211. The zero-order chi connectivity index (χ0) is 17.8. The molecule has 0 unspecified atom stereocenters. The second kappa shape index (κ2) is 7.85. The average Bonchev–Trinajstić information content (AvgIpc) is 2.86. The zero-order valence-electron chi connectivity index (χ0n) is 14.0. The number of nitrogens with zero attached hydrogens (tertiary/aromatic N) is 3. The summed E-state index contributed by atoms with van der Waals surface area (Å²) in [5.74, 6) is 0.0636. The van der Waals surface area contributed by atoms with Crippen molar-refractivity contribution in [2.75, 3.05) is 0 Å². The van der Waals surface area contributed by atoms with E-state index >= 15 is 0 Å². The Kier molecular flexibility index (Phi) is 5.56. The van der Waals surface area contributed by atoms with Gasteiger partial charge >= 0.3 is 0 Å². The Bertz CT molecular complexity index is 833. The highest BCUT2D eigenvalue weighted by atomic mass is 35.5. The maximum atomic E-state index is 12.5. The van der Waals surface area contributed by atoms with Crippen LogP contribution in [0.3, 0.4) is 0 Å². The molecule has 3 rings (SSSR count). The van der Waals surface area contributed by atoms with E-state index in [-0.39, 0.29) is 11.2 Å². The molecular formula is C19H18ClN3OS. The number of rotatable bonds is 4. The molecule has 1 saturated heterocycles. The van der Waals surface area contributed by atoms with Crippen molar-refractivity contribution in [1.82, 2.24) is 4.90 Å². The molecule has 2 aromatic rings. The van der Waals surface area contributed by atoms with Gasteiger partial charge in [0.1, 0.15) is 0 Å². The summed E-state index contributed by atoms with van der Waals surface area (Å²) < 4.78 is 0. The summed E-state index contributed by atoms with van der Waals surface area (Å²) in [4.78, 5) is 14.2. The average molecular weight is 372 g/mol. The first-order chi connectivity index (χ1) is 12.0. The molecule has 1 aliphatic rings. The van der Waals surface area contributed by atoms with Crippen LogP contribution in [-0.4, -0.2) is 27.4 Å². The van der Waals surface area contributed by atoms with E-state index in [0.717, 1.165) is 16.7 Å². The van der Waals surface area contributed by atoms with Crippen LogP contribution in [0.1, 0.15) is 23.6 Å². The van der Waals surface area contributed by atoms with Crippen LogP contribution in [0.25, 0.3) is 0 Å². The standard InChI is InChI=1S/C19H18ClN3OS/c1-13-5-3-4-6-16(13)12-23-18(24)14(2)25-19(23)22-21-11-15-7-9-17(20)10-8-15/h3-11,14H,12H2,1-2H3/b21-11-,22-19-/t14-/m1/s1. The van der Waals surface area contributed by atoms with E-state index in [9.17, 15) is 4.79 Å². The number of hydrogen-bond acceptors (Lipinski definition) is 4. The summed E-state index contributed by atoms with van der Waals surface area (Å²) in [5.41, 5.74) is 3.17. The van der Waals surface area contributed by atoms with Crippen molar-refractivity contribution < 1.29 is 4.79 Å². The van der Waals surface area contributed by atoms with Crippen LogP contribution in [0.2, 0.25) is 5.02 Å². The van der Waals surface area contributed by atoms with Gasteiger partial charge in [0.2, 0.25) is 5.91 Å². The SMILES string of the molecule is Cc1ccccc1CN1C(=O)[C@@H](C)S/C1=N\N=C/c1ccc(Cl)cc1. The van der Waals surface area contributed by atoms with E-state index in [1.807, 2.05) is 50.2 Å². The number of aryl methyl sites for hydroxylation is 1. The van der Waals surface area contributed by atoms with Crippen LogP contribution in [-0.2, 0) is 11.3 Å². The topological polar surface area (TPSA) is 45.0 Å². The van der Waals surface area contributed by atoms with E-state index in [4.69, 9.17) is 11.6 Å². The van der Waals surface area contributed by atoms with E-state index in [2.05, 4.69) is 10.2 Å². The highest BCUT2D eigenvalue weighted by molar-refractivity contribution is 8.15. The molecule has 1 heterocycles. The predicted molar refractivity (Wildman–Crippen MR) is 105 cm³/mol. The third-order valence-electron chi connectivity index (χ3n) is 3.94. The van der Waals surface area contributed by atoms with Crippen molar-refractivity contribution in [3.8, 4) is 0 Å². The van der Waals surface area contributed by atoms with Gasteiger partial charge in [0.25, 0.3) is 0 Å². The van der Waals surface area contributed by atoms with E-state index < -0.39 is 0 Å². The molecule has 1 amide bonds. The molecule has 25 heavy (non-hydrogen) atoms. The number of benzene rings is 2. The van der Waals surface area contributed by atoms with Crippen LogP contribution in [0.5, 0.6) is 0 Å². The first kappa shape index (κ1) is 17.7. The van der Waals surface area contributed by atoms with Gasteiger partial charge in [-0.2, -0.15) is 5.10 Å². The minimum absolute atomic E-state index is 0.0636. The second-order valence-corrected chi connectivity index (χ2v) is 7.53. The van der Waals surface area contributed by atoms with Crippen LogP contribution in [0.4, 0.5) is 0 Å². The lowest BCUT2D eigenvalue weighted by Gasteiger charge is -2.16. The Labute approximate surface area is 156 Å². The zero-order valence-corrected chi connectivity index (χ0v) is 15.6. The number of hydrogen-bond donors (Lipinski definition) is 0. The summed E-state index contributed by atoms with van der Waals surface area (Å²) in [7, 11) is 0. The normalized spacial score (nSPS) is 19.3. The molecule has 1 aliphatic heterocycles. The number of amides is 1. The molecule has 128 valence electrons. The second-order valence-electron chi connectivity index (χ2n) is 5.79. The molecule has 1 fully saturated rings.